The van der Waals surface area contributed by atoms with E-state index in [9.17, 15) is 0 Å². The highest BCUT2D eigenvalue weighted by atomic mass is 16.6. The molecule has 0 saturated carbocycles. The molecular formula is C41H68N2O3. The van der Waals surface area contributed by atoms with E-state index in [1.807, 2.05) is 0 Å². The summed E-state index contributed by atoms with van der Waals surface area (Å²) >= 11 is 0. The van der Waals surface area contributed by atoms with E-state index in [4.69, 9.17) is 14.6 Å². The molecule has 5 nitrogen and oxygen atoms in total. The Balaban J connectivity index is 1.33. The molecule has 2 aromatic rings. The Kier molecular flexibility index (Phi) is 19.4. The van der Waals surface area contributed by atoms with E-state index in [1.165, 1.54) is 132 Å². The van der Waals surface area contributed by atoms with Crippen molar-refractivity contribution in [1.29, 1.82) is 0 Å². The van der Waals surface area contributed by atoms with Gasteiger partial charge in [-0.3, -0.25) is 0 Å². The third-order valence-corrected chi connectivity index (χ3v) is 10.2. The number of benzene rings is 2. The molecule has 5 heteroatoms. The minimum Gasteiger partial charge on any atom is -0.375 e. The van der Waals surface area contributed by atoms with Crippen LogP contribution in [0.25, 0.3) is 0 Å². The van der Waals surface area contributed by atoms with E-state index < -0.39 is 0 Å². The summed E-state index contributed by atoms with van der Waals surface area (Å²) in [5.41, 5.74) is 5.55. The van der Waals surface area contributed by atoms with Gasteiger partial charge in [0, 0.05) is 26.3 Å². The van der Waals surface area contributed by atoms with Crippen LogP contribution in [0.3, 0.4) is 0 Å². The van der Waals surface area contributed by atoms with Crippen LogP contribution in [0.2, 0.25) is 0 Å². The SMILES string of the molecule is CCC(C)(CC)OCCCCCCCCCCCN1c2ccccc2N(CCCCCCCCCCCOCO)c2ccccc21. The second kappa shape index (κ2) is 23.3. The van der Waals surface area contributed by atoms with Crippen LogP contribution >= 0.6 is 0 Å². The van der Waals surface area contributed by atoms with Crippen LogP contribution in [0.1, 0.15) is 149 Å². The summed E-state index contributed by atoms with van der Waals surface area (Å²) < 4.78 is 11.1. The topological polar surface area (TPSA) is 45.2 Å². The molecule has 1 aliphatic heterocycles. The molecule has 0 fully saturated rings. The van der Waals surface area contributed by atoms with E-state index in [0.29, 0.717) is 6.61 Å². The summed E-state index contributed by atoms with van der Waals surface area (Å²) in [5, 5.41) is 8.68. The van der Waals surface area contributed by atoms with Crippen molar-refractivity contribution in [3.8, 4) is 0 Å². The fraction of sp³-hybridized carbons (Fsp3) is 0.707. The zero-order valence-corrected chi connectivity index (χ0v) is 30.0. The number of unbranched alkanes of at least 4 members (excludes halogenated alkanes) is 16. The molecule has 3 rings (SSSR count). The Morgan fingerprint density at radius 3 is 1.17 bits per heavy atom. The first-order valence-corrected chi connectivity index (χ1v) is 19.2. The van der Waals surface area contributed by atoms with E-state index in [2.05, 4.69) is 79.1 Å². The normalized spacial score (nSPS) is 12.9. The first kappa shape index (κ1) is 38.4. The molecule has 0 aromatic heterocycles. The molecule has 0 spiro atoms. The van der Waals surface area contributed by atoms with Gasteiger partial charge < -0.3 is 24.4 Å². The quantitative estimate of drug-likeness (QED) is 0.0744. The molecular weight excluding hydrogens is 568 g/mol. The molecule has 0 aliphatic carbocycles. The van der Waals surface area contributed by atoms with Crippen molar-refractivity contribution in [2.24, 2.45) is 0 Å². The molecule has 0 amide bonds. The van der Waals surface area contributed by atoms with Crippen LogP contribution in [0.15, 0.2) is 48.5 Å². The average Bonchev–Trinajstić information content (AvgIpc) is 3.09. The van der Waals surface area contributed by atoms with Gasteiger partial charge in [0.15, 0.2) is 0 Å². The zero-order chi connectivity index (χ0) is 32.7. The van der Waals surface area contributed by atoms with Crippen LogP contribution in [-0.4, -0.2) is 43.8 Å². The average molecular weight is 637 g/mol. The Hall–Kier alpha value is -2.08. The number of nitrogens with zero attached hydrogens (tertiary/aromatic N) is 2. The van der Waals surface area contributed by atoms with Crippen molar-refractivity contribution in [3.63, 3.8) is 0 Å². The van der Waals surface area contributed by atoms with Crippen molar-refractivity contribution in [3.05, 3.63) is 48.5 Å². The maximum absolute atomic E-state index is 8.68. The second-order valence-electron chi connectivity index (χ2n) is 13.7. The standard InChI is InChI=1S/C41H68N2O3/c1-4-41(3,5-2)46-35-27-19-15-11-7-9-13-17-25-33-43-39-30-22-20-28-37(39)42(38-29-21-23-31-40(38)43)32-24-16-12-8-6-10-14-18-26-34-45-36-44/h20-23,28-31,44H,4-19,24-27,32-36H2,1-3H3. The number of para-hydroxylation sites is 4. The molecule has 0 atom stereocenters. The van der Waals surface area contributed by atoms with Gasteiger partial charge in [0.1, 0.15) is 6.79 Å². The maximum Gasteiger partial charge on any atom is 0.143 e. The minimum atomic E-state index is -0.150. The van der Waals surface area contributed by atoms with Gasteiger partial charge in [0.05, 0.1) is 28.4 Å². The highest BCUT2D eigenvalue weighted by molar-refractivity contribution is 5.93. The number of hydrogen-bond donors (Lipinski definition) is 1. The summed E-state index contributed by atoms with van der Waals surface area (Å²) in [6, 6.07) is 18.1. The molecule has 260 valence electrons. The highest BCUT2D eigenvalue weighted by Gasteiger charge is 2.27. The summed E-state index contributed by atoms with van der Waals surface area (Å²) in [6.07, 6.45) is 25.4. The van der Waals surface area contributed by atoms with Crippen molar-refractivity contribution in [1.82, 2.24) is 0 Å². The lowest BCUT2D eigenvalue weighted by Gasteiger charge is -2.40. The first-order valence-electron chi connectivity index (χ1n) is 19.2. The summed E-state index contributed by atoms with van der Waals surface area (Å²) in [4.78, 5) is 5.16. The number of rotatable bonds is 28. The third kappa shape index (κ3) is 13.6. The maximum atomic E-state index is 8.68. The predicted molar refractivity (Wildman–Crippen MR) is 198 cm³/mol. The number of ether oxygens (including phenoxy) is 2. The monoisotopic (exact) mass is 637 g/mol. The van der Waals surface area contributed by atoms with Crippen molar-refractivity contribution in [2.45, 2.75) is 155 Å². The van der Waals surface area contributed by atoms with Crippen LogP contribution < -0.4 is 9.80 Å². The molecule has 46 heavy (non-hydrogen) atoms. The predicted octanol–water partition coefficient (Wildman–Crippen LogP) is 11.9. The van der Waals surface area contributed by atoms with E-state index in [-0.39, 0.29) is 12.4 Å². The number of anilines is 4. The lowest BCUT2D eigenvalue weighted by atomic mass is 10.00. The summed E-state index contributed by atoms with van der Waals surface area (Å²) in [7, 11) is 0. The molecule has 1 heterocycles. The fourth-order valence-electron chi connectivity index (χ4n) is 6.74. The molecule has 0 unspecified atom stereocenters. The third-order valence-electron chi connectivity index (χ3n) is 10.2. The summed E-state index contributed by atoms with van der Waals surface area (Å²) in [5.74, 6) is 0. The van der Waals surface area contributed by atoms with Gasteiger partial charge in [-0.15, -0.1) is 0 Å². The smallest absolute Gasteiger partial charge is 0.143 e. The van der Waals surface area contributed by atoms with E-state index in [0.717, 1.165) is 39.0 Å². The Bertz CT molecular complexity index is 992. The van der Waals surface area contributed by atoms with Gasteiger partial charge in [0.25, 0.3) is 0 Å². The molecule has 1 aliphatic rings. The van der Waals surface area contributed by atoms with Crippen LogP contribution in [0.4, 0.5) is 22.7 Å². The Labute approximate surface area is 283 Å². The van der Waals surface area contributed by atoms with Gasteiger partial charge >= 0.3 is 0 Å². The Morgan fingerprint density at radius 2 is 0.826 bits per heavy atom. The minimum absolute atomic E-state index is 0.0805. The molecule has 1 N–H and O–H groups in total. The number of aliphatic hydroxyl groups excluding tert-OH is 1. The first-order chi connectivity index (χ1) is 22.6. The van der Waals surface area contributed by atoms with E-state index >= 15 is 0 Å². The zero-order valence-electron chi connectivity index (χ0n) is 30.0. The van der Waals surface area contributed by atoms with Gasteiger partial charge in [-0.1, -0.05) is 128 Å². The molecule has 0 radical (unpaired) electrons. The number of fused-ring (bicyclic) bond motifs is 2. The fourth-order valence-corrected chi connectivity index (χ4v) is 6.74. The van der Waals surface area contributed by atoms with Crippen molar-refractivity contribution < 1.29 is 14.6 Å². The van der Waals surface area contributed by atoms with Gasteiger partial charge in [0.2, 0.25) is 0 Å². The second-order valence-corrected chi connectivity index (χ2v) is 13.7. The Morgan fingerprint density at radius 1 is 0.500 bits per heavy atom. The van der Waals surface area contributed by atoms with Crippen molar-refractivity contribution >= 4 is 22.7 Å². The van der Waals surface area contributed by atoms with Crippen molar-refractivity contribution in [2.75, 3.05) is 42.9 Å². The summed E-state index contributed by atoms with van der Waals surface area (Å²) in [6.45, 7) is 10.3. The number of aliphatic hydroxyl groups is 1. The van der Waals surface area contributed by atoms with Crippen LogP contribution in [-0.2, 0) is 9.47 Å². The van der Waals surface area contributed by atoms with Gasteiger partial charge in [-0.2, -0.15) is 0 Å². The molecule has 0 bridgehead atoms. The van der Waals surface area contributed by atoms with Gasteiger partial charge in [-0.05, 0) is 69.7 Å². The largest absolute Gasteiger partial charge is 0.375 e. The van der Waals surface area contributed by atoms with Gasteiger partial charge in [-0.25, -0.2) is 0 Å². The molecule has 2 aromatic carbocycles. The van der Waals surface area contributed by atoms with Crippen LogP contribution in [0.5, 0.6) is 0 Å². The molecule has 0 saturated heterocycles. The lowest BCUT2D eigenvalue weighted by molar-refractivity contribution is -0.0385. The number of hydrogen-bond acceptors (Lipinski definition) is 5. The lowest BCUT2D eigenvalue weighted by Crippen LogP contribution is -2.30. The van der Waals surface area contributed by atoms with E-state index in [1.54, 1.807) is 0 Å². The highest BCUT2D eigenvalue weighted by Crippen LogP contribution is 2.47. The van der Waals surface area contributed by atoms with Crippen LogP contribution in [0, 0.1) is 0 Å².